The number of aryl methyl sites for hydroxylation is 2. The minimum absolute atomic E-state index is 0.0640. The molecule has 1 aromatic heterocycles. The van der Waals surface area contributed by atoms with Gasteiger partial charge in [-0.25, -0.2) is 4.98 Å². The first-order chi connectivity index (χ1) is 10.2. The van der Waals surface area contributed by atoms with E-state index in [0.29, 0.717) is 5.69 Å². The highest BCUT2D eigenvalue weighted by molar-refractivity contribution is 7.09. The summed E-state index contributed by atoms with van der Waals surface area (Å²) < 4.78 is 5.27. The molecule has 0 fully saturated rings. The number of aromatic nitrogens is 1. The molecule has 1 aliphatic carbocycles. The van der Waals surface area contributed by atoms with Gasteiger partial charge in [-0.15, -0.1) is 11.3 Å². The van der Waals surface area contributed by atoms with Crippen LogP contribution in [-0.2, 0) is 6.42 Å². The predicted octanol–water partition coefficient (Wildman–Crippen LogP) is 3.27. The molecule has 4 nitrogen and oxygen atoms in total. The van der Waals surface area contributed by atoms with Crippen LogP contribution in [0.5, 0.6) is 5.75 Å². The van der Waals surface area contributed by atoms with Crippen LogP contribution in [-0.4, -0.2) is 18.0 Å². The van der Waals surface area contributed by atoms with Crippen molar-refractivity contribution in [1.29, 1.82) is 0 Å². The highest BCUT2D eigenvalue weighted by Gasteiger charge is 2.23. The Morgan fingerprint density at radius 1 is 1.48 bits per heavy atom. The van der Waals surface area contributed by atoms with Gasteiger partial charge < -0.3 is 10.1 Å². The van der Waals surface area contributed by atoms with E-state index in [1.165, 1.54) is 22.5 Å². The summed E-state index contributed by atoms with van der Waals surface area (Å²) in [6, 6.07) is 6.15. The molecule has 0 bridgehead atoms. The minimum Gasteiger partial charge on any atom is -0.497 e. The van der Waals surface area contributed by atoms with E-state index in [2.05, 4.69) is 22.4 Å². The molecule has 1 amide bonds. The van der Waals surface area contributed by atoms with E-state index < -0.39 is 0 Å². The zero-order chi connectivity index (χ0) is 14.8. The van der Waals surface area contributed by atoms with E-state index >= 15 is 0 Å². The van der Waals surface area contributed by atoms with E-state index in [1.807, 2.05) is 18.4 Å². The monoisotopic (exact) mass is 302 g/mol. The first-order valence-corrected chi connectivity index (χ1v) is 7.95. The number of carbonyl (C=O) groups is 1. The molecule has 1 aliphatic rings. The van der Waals surface area contributed by atoms with E-state index in [1.54, 1.807) is 7.11 Å². The number of fused-ring (bicyclic) bond motifs is 1. The van der Waals surface area contributed by atoms with Gasteiger partial charge in [0.25, 0.3) is 5.91 Å². The Morgan fingerprint density at radius 2 is 2.33 bits per heavy atom. The van der Waals surface area contributed by atoms with Gasteiger partial charge >= 0.3 is 0 Å². The number of rotatable bonds is 3. The summed E-state index contributed by atoms with van der Waals surface area (Å²) in [6.45, 7) is 1.91. The van der Waals surface area contributed by atoms with Gasteiger partial charge in [0.05, 0.1) is 18.2 Å². The molecule has 0 spiro atoms. The van der Waals surface area contributed by atoms with Gasteiger partial charge in [-0.05, 0) is 49.4 Å². The first-order valence-electron chi connectivity index (χ1n) is 7.07. The number of ether oxygens (including phenoxy) is 1. The lowest BCUT2D eigenvalue weighted by Gasteiger charge is -2.26. The summed E-state index contributed by atoms with van der Waals surface area (Å²) in [6.07, 6.45) is 3.07. The third kappa shape index (κ3) is 2.93. The average Bonchev–Trinajstić information content (AvgIpc) is 2.93. The number of amides is 1. The smallest absolute Gasteiger partial charge is 0.271 e. The highest BCUT2D eigenvalue weighted by atomic mass is 32.1. The second kappa shape index (κ2) is 5.85. The summed E-state index contributed by atoms with van der Waals surface area (Å²) in [5.74, 6) is 0.781. The van der Waals surface area contributed by atoms with Crippen LogP contribution in [0.15, 0.2) is 23.6 Å². The normalized spacial score (nSPS) is 17.1. The maximum absolute atomic E-state index is 12.3. The van der Waals surface area contributed by atoms with Crippen molar-refractivity contribution < 1.29 is 9.53 Å². The number of nitrogens with one attached hydrogen (secondary N) is 1. The van der Waals surface area contributed by atoms with Gasteiger partial charge in [0.15, 0.2) is 0 Å². The van der Waals surface area contributed by atoms with Crippen LogP contribution in [0.1, 0.15) is 45.5 Å². The Kier molecular flexibility index (Phi) is 3.92. The molecule has 21 heavy (non-hydrogen) atoms. The molecule has 0 unspecified atom stereocenters. The molecule has 1 heterocycles. The summed E-state index contributed by atoms with van der Waals surface area (Å²) in [5, 5.41) is 5.83. The SMILES string of the molecule is COc1ccc2c(c1)CCC[C@@H]2NC(=O)c1csc(C)n1. The Morgan fingerprint density at radius 3 is 3.05 bits per heavy atom. The maximum atomic E-state index is 12.3. The van der Waals surface area contributed by atoms with Crippen molar-refractivity contribution in [2.24, 2.45) is 0 Å². The van der Waals surface area contributed by atoms with E-state index in [-0.39, 0.29) is 11.9 Å². The Labute approximate surface area is 128 Å². The average molecular weight is 302 g/mol. The summed E-state index contributed by atoms with van der Waals surface area (Å²) in [7, 11) is 1.67. The lowest BCUT2D eigenvalue weighted by atomic mass is 9.87. The lowest BCUT2D eigenvalue weighted by Crippen LogP contribution is -2.31. The second-order valence-electron chi connectivity index (χ2n) is 5.23. The van der Waals surface area contributed by atoms with Crippen LogP contribution >= 0.6 is 11.3 Å². The van der Waals surface area contributed by atoms with Crippen molar-refractivity contribution in [2.45, 2.75) is 32.2 Å². The van der Waals surface area contributed by atoms with Crippen LogP contribution < -0.4 is 10.1 Å². The number of hydrogen-bond acceptors (Lipinski definition) is 4. The van der Waals surface area contributed by atoms with Gasteiger partial charge in [-0.3, -0.25) is 4.79 Å². The third-order valence-corrected chi connectivity index (χ3v) is 4.59. The molecular weight excluding hydrogens is 284 g/mol. The number of carbonyl (C=O) groups excluding carboxylic acids is 1. The molecule has 5 heteroatoms. The van der Waals surface area contributed by atoms with E-state index in [4.69, 9.17) is 4.74 Å². The first kappa shape index (κ1) is 14.1. The Bertz CT molecular complexity index is 666. The zero-order valence-electron chi connectivity index (χ0n) is 12.2. The van der Waals surface area contributed by atoms with Crippen molar-refractivity contribution in [3.63, 3.8) is 0 Å². The molecule has 110 valence electrons. The molecule has 0 saturated heterocycles. The molecule has 3 rings (SSSR count). The highest BCUT2D eigenvalue weighted by Crippen LogP contribution is 2.32. The number of benzene rings is 1. The Balaban J connectivity index is 1.80. The predicted molar refractivity (Wildman–Crippen MR) is 83.0 cm³/mol. The van der Waals surface area contributed by atoms with E-state index in [9.17, 15) is 4.79 Å². The van der Waals surface area contributed by atoms with Gasteiger partial charge in [-0.2, -0.15) is 0 Å². The van der Waals surface area contributed by atoms with Crippen LogP contribution in [0.25, 0.3) is 0 Å². The second-order valence-corrected chi connectivity index (χ2v) is 6.30. The number of methoxy groups -OCH3 is 1. The van der Waals surface area contributed by atoms with Crippen molar-refractivity contribution in [3.8, 4) is 5.75 Å². The number of nitrogens with zero attached hydrogens (tertiary/aromatic N) is 1. The van der Waals surface area contributed by atoms with Crippen molar-refractivity contribution >= 4 is 17.2 Å². The topological polar surface area (TPSA) is 51.2 Å². The standard InChI is InChI=1S/C16H18N2O2S/c1-10-17-15(9-21-10)16(19)18-14-5-3-4-11-8-12(20-2)6-7-13(11)14/h6-9,14H,3-5H2,1-2H3,(H,18,19)/t14-/m0/s1. The van der Waals surface area contributed by atoms with Crippen LogP contribution in [0.3, 0.4) is 0 Å². The lowest BCUT2D eigenvalue weighted by molar-refractivity contribution is 0.0928. The maximum Gasteiger partial charge on any atom is 0.271 e. The Hall–Kier alpha value is -1.88. The molecule has 1 aromatic carbocycles. The van der Waals surface area contributed by atoms with Crippen molar-refractivity contribution in [1.82, 2.24) is 10.3 Å². The summed E-state index contributed by atoms with van der Waals surface area (Å²) in [4.78, 5) is 16.5. The molecule has 1 atom stereocenters. The van der Waals surface area contributed by atoms with Crippen molar-refractivity contribution in [3.05, 3.63) is 45.4 Å². The fourth-order valence-electron chi connectivity index (χ4n) is 2.77. The van der Waals surface area contributed by atoms with Gasteiger partial charge in [-0.1, -0.05) is 6.07 Å². The third-order valence-electron chi connectivity index (χ3n) is 3.82. The van der Waals surface area contributed by atoms with Crippen LogP contribution in [0.2, 0.25) is 0 Å². The largest absolute Gasteiger partial charge is 0.497 e. The quantitative estimate of drug-likeness (QED) is 0.946. The summed E-state index contributed by atoms with van der Waals surface area (Å²) >= 11 is 1.50. The van der Waals surface area contributed by atoms with Gasteiger partial charge in [0, 0.05) is 5.38 Å². The fourth-order valence-corrected chi connectivity index (χ4v) is 3.36. The molecule has 1 N–H and O–H groups in total. The summed E-state index contributed by atoms with van der Waals surface area (Å²) in [5.41, 5.74) is 2.97. The number of thiazole rings is 1. The molecule has 0 radical (unpaired) electrons. The van der Waals surface area contributed by atoms with Gasteiger partial charge in [0.2, 0.25) is 0 Å². The molecule has 0 saturated carbocycles. The molecular formula is C16H18N2O2S. The van der Waals surface area contributed by atoms with Crippen molar-refractivity contribution in [2.75, 3.05) is 7.11 Å². The van der Waals surface area contributed by atoms with Crippen LogP contribution in [0.4, 0.5) is 0 Å². The molecule has 0 aliphatic heterocycles. The minimum atomic E-state index is -0.0898. The van der Waals surface area contributed by atoms with E-state index in [0.717, 1.165) is 30.0 Å². The zero-order valence-corrected chi connectivity index (χ0v) is 13.0. The number of hydrogen-bond donors (Lipinski definition) is 1. The fraction of sp³-hybridized carbons (Fsp3) is 0.375. The van der Waals surface area contributed by atoms with Crippen LogP contribution in [0, 0.1) is 6.92 Å². The molecule has 2 aromatic rings. The van der Waals surface area contributed by atoms with Gasteiger partial charge in [0.1, 0.15) is 11.4 Å².